The number of carboxylic acids is 1. The molecule has 0 aliphatic rings. The van der Waals surface area contributed by atoms with Crippen LogP contribution in [0.2, 0.25) is 0 Å². The third kappa shape index (κ3) is 5.75. The molecule has 2 atom stereocenters. The quantitative estimate of drug-likeness (QED) is 0.520. The number of hydrogen-bond acceptors (Lipinski definition) is 4. The summed E-state index contributed by atoms with van der Waals surface area (Å²) in [5, 5.41) is 19.8. The molecule has 0 amide bonds. The molecule has 2 unspecified atom stereocenters. The zero-order valence-corrected chi connectivity index (χ0v) is 14.9. The molecule has 0 bridgehead atoms. The maximum absolute atomic E-state index is 12.3. The van der Waals surface area contributed by atoms with Gasteiger partial charge in [-0.25, -0.2) is 4.79 Å². The van der Waals surface area contributed by atoms with Gasteiger partial charge in [0.2, 0.25) is 5.60 Å². The van der Waals surface area contributed by atoms with Gasteiger partial charge in [-0.2, -0.15) is 0 Å². The highest BCUT2D eigenvalue weighted by Gasteiger charge is 2.43. The Morgan fingerprint density at radius 3 is 2.21 bits per heavy atom. The largest absolute Gasteiger partial charge is 0.479 e. The van der Waals surface area contributed by atoms with Crippen LogP contribution in [-0.2, 0) is 15.8 Å². The van der Waals surface area contributed by atoms with Crippen LogP contribution in [0.15, 0.2) is 65.6 Å². The van der Waals surface area contributed by atoms with E-state index in [-0.39, 0.29) is 12.6 Å². The predicted octanol–water partition coefficient (Wildman–Crippen LogP) is 4.01. The first-order chi connectivity index (χ1) is 11.5. The van der Waals surface area contributed by atoms with Gasteiger partial charge in [-0.3, -0.25) is 0 Å². The second-order valence-corrected chi connectivity index (χ2v) is 8.62. The second kappa shape index (κ2) is 8.97. The smallest absolute Gasteiger partial charge is 0.353 e. The van der Waals surface area contributed by atoms with Crippen molar-refractivity contribution in [1.82, 2.24) is 0 Å². The van der Waals surface area contributed by atoms with Crippen LogP contribution in [0.4, 0.5) is 0 Å². The number of carbonyl (C=O) groups is 1. The van der Waals surface area contributed by atoms with Gasteiger partial charge in [-0.05, 0) is 30.5 Å². The van der Waals surface area contributed by atoms with E-state index < -0.39 is 19.4 Å². The van der Waals surface area contributed by atoms with Crippen LogP contribution in [0.5, 0.6) is 0 Å². The fourth-order valence-corrected chi connectivity index (χ4v) is 5.01. The van der Waals surface area contributed by atoms with Gasteiger partial charge in [0.15, 0.2) is 11.7 Å². The molecule has 0 aliphatic heterocycles. The summed E-state index contributed by atoms with van der Waals surface area (Å²) in [6.07, 6.45) is 0.242. The monoisotopic (exact) mass is 363 g/mol. The van der Waals surface area contributed by atoms with Gasteiger partial charge in [0.25, 0.3) is 0 Å². The zero-order chi connectivity index (χ0) is 17.4. The van der Waals surface area contributed by atoms with E-state index in [9.17, 15) is 19.6 Å². The molecule has 0 radical (unpaired) electrons. The molecule has 0 fully saturated rings. The lowest BCUT2D eigenvalue weighted by Crippen LogP contribution is -2.41. The summed E-state index contributed by atoms with van der Waals surface area (Å²) in [7, 11) is -1.82. The van der Waals surface area contributed by atoms with Gasteiger partial charge < -0.3 is 10.2 Å². The van der Waals surface area contributed by atoms with E-state index in [0.717, 1.165) is 10.5 Å². The van der Waals surface area contributed by atoms with Crippen molar-refractivity contribution in [1.29, 1.82) is 0 Å². The molecule has 0 saturated heterocycles. The van der Waals surface area contributed by atoms with Gasteiger partial charge in [0.05, 0.1) is 0 Å². The Balaban J connectivity index is 1.91. The van der Waals surface area contributed by atoms with E-state index in [1.165, 1.54) is 11.8 Å². The minimum absolute atomic E-state index is 0.0451. The Kier molecular flexibility index (Phi) is 6.98. The zero-order valence-electron chi connectivity index (χ0n) is 13.2. The maximum atomic E-state index is 12.3. The maximum Gasteiger partial charge on any atom is 0.353 e. The van der Waals surface area contributed by atoms with Crippen molar-refractivity contribution in [2.75, 3.05) is 11.7 Å². The second-order valence-electron chi connectivity index (χ2n) is 5.55. The van der Waals surface area contributed by atoms with Gasteiger partial charge >= 0.3 is 13.8 Å². The number of rotatable bonds is 9. The molecule has 24 heavy (non-hydrogen) atoms. The summed E-state index contributed by atoms with van der Waals surface area (Å²) in [6, 6.07) is 18.9. The molecule has 2 N–H and O–H groups in total. The van der Waals surface area contributed by atoms with Crippen LogP contribution in [0, 0.1) is 0 Å². The van der Waals surface area contributed by atoms with E-state index >= 15 is 0 Å². The predicted molar refractivity (Wildman–Crippen MR) is 97.0 cm³/mol. The minimum atomic E-state index is -1.96. The molecule has 0 saturated carbocycles. The molecular weight excluding hydrogens is 343 g/mol. The molecule has 2 rings (SSSR count). The normalized spacial score (nSPS) is 14.0. The highest BCUT2D eigenvalue weighted by atomic mass is 32.2. The number of hydrogen-bond donors (Lipinski definition) is 2. The summed E-state index contributed by atoms with van der Waals surface area (Å²) < 4.78 is 12.3. The molecule has 0 spiro atoms. The van der Waals surface area contributed by atoms with Crippen LogP contribution in [0.25, 0.3) is 0 Å². The number of benzene rings is 2. The molecule has 0 heterocycles. The number of aliphatic carboxylic acids is 1. The third-order valence-corrected chi connectivity index (χ3v) is 6.77. The van der Waals surface area contributed by atoms with Crippen molar-refractivity contribution in [3.63, 3.8) is 0 Å². The fraction of sp³-hybridized carbons (Fsp3) is 0.278. The van der Waals surface area contributed by atoms with Crippen molar-refractivity contribution in [2.24, 2.45) is 0 Å². The van der Waals surface area contributed by atoms with Crippen molar-refractivity contribution in [2.45, 2.75) is 23.3 Å². The Hall–Kier alpha value is -1.68. The van der Waals surface area contributed by atoms with Gasteiger partial charge in [-0.1, -0.05) is 64.9 Å². The lowest BCUT2D eigenvalue weighted by atomic mass is 9.97. The van der Waals surface area contributed by atoms with E-state index in [4.69, 9.17) is 0 Å². The highest BCUT2D eigenvalue weighted by Crippen LogP contribution is 2.35. The summed E-state index contributed by atoms with van der Waals surface area (Å²) in [6.45, 7) is 0. The van der Waals surface area contributed by atoms with Crippen LogP contribution >= 0.6 is 19.6 Å². The minimum Gasteiger partial charge on any atom is -0.479 e. The number of aryl methyl sites for hydroxylation is 1. The molecule has 126 valence electrons. The standard InChI is InChI=1S/C18H19O4PS/c19-17(20)18(21,12-11-15-7-3-1-4-8-15)13-23(22)14-24-16-9-5-2-6-10-16/h1-10,21H,11-14H2/p+1. The summed E-state index contributed by atoms with van der Waals surface area (Å²) in [4.78, 5) is 12.4. The lowest BCUT2D eigenvalue weighted by Gasteiger charge is -2.18. The van der Waals surface area contributed by atoms with Crippen LogP contribution in [0.1, 0.15) is 12.0 Å². The van der Waals surface area contributed by atoms with Crippen molar-refractivity contribution in [3.8, 4) is 0 Å². The van der Waals surface area contributed by atoms with E-state index in [0.29, 0.717) is 11.9 Å². The summed E-state index contributed by atoms with van der Waals surface area (Å²) in [5.74, 6) is -1.31. The molecular formula is C18H20O4PS+. The van der Waals surface area contributed by atoms with Gasteiger partial charge in [-0.15, -0.1) is 0 Å². The molecule has 2 aromatic carbocycles. The highest BCUT2D eigenvalue weighted by molar-refractivity contribution is 8.03. The molecule has 6 heteroatoms. The Morgan fingerprint density at radius 2 is 1.62 bits per heavy atom. The average Bonchev–Trinajstić information content (AvgIpc) is 2.60. The van der Waals surface area contributed by atoms with E-state index in [1.807, 2.05) is 60.7 Å². The number of aliphatic hydroxyl groups is 1. The van der Waals surface area contributed by atoms with Gasteiger partial charge in [0.1, 0.15) is 0 Å². The Morgan fingerprint density at radius 1 is 1.04 bits per heavy atom. The van der Waals surface area contributed by atoms with Crippen LogP contribution in [0.3, 0.4) is 0 Å². The summed E-state index contributed by atoms with van der Waals surface area (Å²) in [5.41, 5.74) is -0.716. The Bertz CT molecular complexity index is 678. The van der Waals surface area contributed by atoms with Crippen molar-refractivity contribution >= 4 is 25.5 Å². The number of thioether (sulfide) groups is 1. The molecule has 2 aromatic rings. The summed E-state index contributed by atoms with van der Waals surface area (Å²) >= 11 is 1.41. The van der Waals surface area contributed by atoms with E-state index in [2.05, 4.69) is 0 Å². The molecule has 0 aliphatic carbocycles. The fourth-order valence-electron chi connectivity index (χ4n) is 2.25. The van der Waals surface area contributed by atoms with Crippen molar-refractivity contribution in [3.05, 3.63) is 66.2 Å². The van der Waals surface area contributed by atoms with Crippen molar-refractivity contribution < 1.29 is 19.6 Å². The van der Waals surface area contributed by atoms with Gasteiger partial charge in [0, 0.05) is 4.90 Å². The third-order valence-electron chi connectivity index (χ3n) is 3.62. The Labute approximate surface area is 146 Å². The SMILES string of the molecule is O=C(O)C(O)(CCc1ccccc1)C[P+](=O)CSc1ccccc1. The van der Waals surface area contributed by atoms with Crippen LogP contribution < -0.4 is 0 Å². The number of carboxylic acid groups (broad SMARTS) is 1. The first kappa shape index (κ1) is 18.7. The molecule has 0 aromatic heterocycles. The first-order valence-corrected chi connectivity index (χ1v) is 10.2. The average molecular weight is 363 g/mol. The van der Waals surface area contributed by atoms with Crippen LogP contribution in [-0.4, -0.2) is 33.4 Å². The topological polar surface area (TPSA) is 74.6 Å². The molecule has 4 nitrogen and oxygen atoms in total. The van der Waals surface area contributed by atoms with E-state index in [1.54, 1.807) is 0 Å². The lowest BCUT2D eigenvalue weighted by molar-refractivity contribution is -0.156. The first-order valence-electron chi connectivity index (χ1n) is 7.59.